The number of benzene rings is 2. The van der Waals surface area contributed by atoms with Gasteiger partial charge in [0.1, 0.15) is 12.2 Å². The topological polar surface area (TPSA) is 52.6 Å². The fourth-order valence-electron chi connectivity index (χ4n) is 7.38. The van der Waals surface area contributed by atoms with Gasteiger partial charge in [0.05, 0.1) is 11.1 Å². The van der Waals surface area contributed by atoms with Crippen molar-refractivity contribution >= 4 is 11.9 Å². The van der Waals surface area contributed by atoms with Gasteiger partial charge in [-0.15, -0.1) is 0 Å². The zero-order valence-electron chi connectivity index (χ0n) is 23.3. The minimum Gasteiger partial charge on any atom is -0.455 e. The molecule has 3 aliphatic carbocycles. The number of carbonyl (C=O) groups is 2. The van der Waals surface area contributed by atoms with E-state index in [2.05, 4.69) is 41.5 Å². The summed E-state index contributed by atoms with van der Waals surface area (Å²) in [6.07, 6.45) is 4.56. The predicted octanol–water partition coefficient (Wildman–Crippen LogP) is 7.49. The fraction of sp³-hybridized carbons (Fsp3) is 0.576. The minimum atomic E-state index is -0.424. The van der Waals surface area contributed by atoms with Crippen molar-refractivity contribution in [3.63, 3.8) is 0 Å². The van der Waals surface area contributed by atoms with E-state index in [4.69, 9.17) is 9.47 Å². The van der Waals surface area contributed by atoms with Crippen molar-refractivity contribution in [3.8, 4) is 0 Å². The second-order valence-electron chi connectivity index (χ2n) is 13.6. The van der Waals surface area contributed by atoms with Crippen molar-refractivity contribution in [3.05, 3.63) is 70.8 Å². The van der Waals surface area contributed by atoms with Crippen LogP contribution in [0.1, 0.15) is 105 Å². The molecule has 0 radical (unpaired) electrons. The Morgan fingerprint density at radius 2 is 1.00 bits per heavy atom. The number of hydrogen-bond donors (Lipinski definition) is 0. The molecule has 4 heteroatoms. The number of hydrogen-bond acceptors (Lipinski definition) is 4. The fourth-order valence-corrected chi connectivity index (χ4v) is 7.38. The lowest BCUT2D eigenvalue weighted by molar-refractivity contribution is -0.0823. The normalized spacial score (nSPS) is 29.0. The second kappa shape index (κ2) is 9.60. The quantitative estimate of drug-likeness (QED) is 0.407. The van der Waals surface area contributed by atoms with E-state index in [1.54, 1.807) is 0 Å². The van der Waals surface area contributed by atoms with Gasteiger partial charge >= 0.3 is 11.9 Å². The molecule has 3 aliphatic rings. The summed E-state index contributed by atoms with van der Waals surface area (Å²) in [6.45, 7) is 12.6. The van der Waals surface area contributed by atoms with Crippen molar-refractivity contribution in [1.29, 1.82) is 0 Å². The number of fused-ring (bicyclic) bond motifs is 5. The molecule has 198 valence electrons. The van der Waals surface area contributed by atoms with Crippen LogP contribution in [0.15, 0.2) is 48.5 Å². The molecule has 5 rings (SSSR count). The van der Waals surface area contributed by atoms with Gasteiger partial charge in [-0.3, -0.25) is 0 Å². The number of carbonyl (C=O) groups excluding carboxylic acids is 2. The molecule has 4 nitrogen and oxygen atoms in total. The summed E-state index contributed by atoms with van der Waals surface area (Å²) in [4.78, 5) is 27.1. The molecule has 6 atom stereocenters. The molecule has 0 spiro atoms. The van der Waals surface area contributed by atoms with Gasteiger partial charge in [-0.2, -0.15) is 0 Å². The van der Waals surface area contributed by atoms with Crippen LogP contribution in [0.5, 0.6) is 0 Å². The van der Waals surface area contributed by atoms with Gasteiger partial charge < -0.3 is 9.47 Å². The Bertz CT molecular complexity index is 1080. The maximum atomic E-state index is 13.6. The lowest BCUT2D eigenvalue weighted by Crippen LogP contribution is -2.46. The Balaban J connectivity index is 1.41. The molecule has 6 unspecified atom stereocenters. The first-order valence-corrected chi connectivity index (χ1v) is 14.0. The molecule has 2 aromatic carbocycles. The van der Waals surface area contributed by atoms with Crippen LogP contribution >= 0.6 is 0 Å². The highest BCUT2D eigenvalue weighted by atomic mass is 16.6. The molecule has 0 N–H and O–H groups in total. The van der Waals surface area contributed by atoms with Crippen LogP contribution in [0, 0.1) is 23.7 Å². The van der Waals surface area contributed by atoms with Crippen LogP contribution in [-0.4, -0.2) is 24.1 Å². The molecule has 0 saturated heterocycles. The van der Waals surface area contributed by atoms with E-state index in [1.165, 1.54) is 19.3 Å². The number of ether oxygens (including phenoxy) is 2. The summed E-state index contributed by atoms with van der Waals surface area (Å²) in [6, 6.07) is 15.4. The summed E-state index contributed by atoms with van der Waals surface area (Å²) >= 11 is 0. The monoisotopic (exact) mass is 502 g/mol. The first-order valence-electron chi connectivity index (χ1n) is 14.0. The number of esters is 2. The molecule has 2 bridgehead atoms. The Labute approximate surface area is 222 Å². The third-order valence-electron chi connectivity index (χ3n) is 9.13. The standard InChI is InChI=1S/C33H42O4/c1-32(2,3)26-13-9-7-11-22(26)30(34)36-28-18-24-20-15-16-21(17-20)25(24)19-29(28)37-31(35)23-12-8-10-14-27(23)33(4,5)6/h7-14,20-21,24-25,28-29H,15-19H2,1-6H3. The molecule has 2 aromatic rings. The summed E-state index contributed by atoms with van der Waals surface area (Å²) < 4.78 is 12.5. The Morgan fingerprint density at radius 3 is 1.38 bits per heavy atom. The van der Waals surface area contributed by atoms with Crippen LogP contribution in [0.25, 0.3) is 0 Å². The highest BCUT2D eigenvalue weighted by Gasteiger charge is 2.53. The lowest BCUT2D eigenvalue weighted by Gasteiger charge is -2.42. The van der Waals surface area contributed by atoms with Crippen LogP contribution in [0.3, 0.4) is 0 Å². The molecule has 37 heavy (non-hydrogen) atoms. The van der Waals surface area contributed by atoms with Gasteiger partial charge in [-0.1, -0.05) is 77.9 Å². The van der Waals surface area contributed by atoms with E-state index in [-0.39, 0.29) is 22.8 Å². The summed E-state index contributed by atoms with van der Waals surface area (Å²) in [5.41, 5.74) is 2.80. The second-order valence-corrected chi connectivity index (χ2v) is 13.6. The van der Waals surface area contributed by atoms with E-state index in [9.17, 15) is 9.59 Å². The van der Waals surface area contributed by atoms with Crippen molar-refractivity contribution in [2.24, 2.45) is 23.7 Å². The molecule has 0 aromatic heterocycles. The first-order chi connectivity index (χ1) is 17.4. The molecular weight excluding hydrogens is 460 g/mol. The van der Waals surface area contributed by atoms with Gasteiger partial charge in [0, 0.05) is 0 Å². The first kappa shape index (κ1) is 26.0. The largest absolute Gasteiger partial charge is 0.455 e. The van der Waals surface area contributed by atoms with Crippen molar-refractivity contribution in [2.75, 3.05) is 0 Å². The van der Waals surface area contributed by atoms with Crippen LogP contribution in [-0.2, 0) is 20.3 Å². The Kier molecular flexibility index (Phi) is 6.75. The minimum absolute atomic E-state index is 0.180. The van der Waals surface area contributed by atoms with Crippen LogP contribution in [0.2, 0.25) is 0 Å². The van der Waals surface area contributed by atoms with E-state index < -0.39 is 12.2 Å². The predicted molar refractivity (Wildman–Crippen MR) is 146 cm³/mol. The van der Waals surface area contributed by atoms with Crippen LogP contribution < -0.4 is 0 Å². The van der Waals surface area contributed by atoms with Gasteiger partial charge in [0.25, 0.3) is 0 Å². The molecule has 3 fully saturated rings. The molecule has 0 aliphatic heterocycles. The average Bonchev–Trinajstić information content (AvgIpc) is 3.45. The third kappa shape index (κ3) is 5.09. The summed E-state index contributed by atoms with van der Waals surface area (Å²) in [7, 11) is 0. The van der Waals surface area contributed by atoms with E-state index >= 15 is 0 Å². The van der Waals surface area contributed by atoms with E-state index in [0.717, 1.165) is 35.8 Å². The molecule has 0 heterocycles. The zero-order chi connectivity index (χ0) is 26.5. The summed E-state index contributed by atoms with van der Waals surface area (Å²) in [5.74, 6) is 1.94. The number of rotatable bonds is 4. The maximum Gasteiger partial charge on any atom is 0.338 e. The Hall–Kier alpha value is -2.62. The molecule has 0 amide bonds. The average molecular weight is 503 g/mol. The smallest absolute Gasteiger partial charge is 0.338 e. The SMILES string of the molecule is CC(C)(C)c1ccccc1C(=O)OC1CC2C3CCC(C3)C2CC1OC(=O)c1ccccc1C(C)(C)C. The molecule has 3 saturated carbocycles. The van der Waals surface area contributed by atoms with Gasteiger partial charge in [-0.25, -0.2) is 9.59 Å². The van der Waals surface area contributed by atoms with E-state index in [1.807, 2.05) is 48.5 Å². The highest BCUT2D eigenvalue weighted by molar-refractivity contribution is 5.92. The molecular formula is C33H42O4. The van der Waals surface area contributed by atoms with Gasteiger partial charge in [0.2, 0.25) is 0 Å². The van der Waals surface area contributed by atoms with Crippen molar-refractivity contribution in [1.82, 2.24) is 0 Å². The zero-order valence-corrected chi connectivity index (χ0v) is 23.3. The van der Waals surface area contributed by atoms with E-state index in [0.29, 0.717) is 23.0 Å². The van der Waals surface area contributed by atoms with Crippen molar-refractivity contribution < 1.29 is 19.1 Å². The highest BCUT2D eigenvalue weighted by Crippen LogP contribution is 2.58. The lowest BCUT2D eigenvalue weighted by atomic mass is 9.69. The summed E-state index contributed by atoms with van der Waals surface area (Å²) in [5, 5.41) is 0. The third-order valence-corrected chi connectivity index (χ3v) is 9.13. The van der Waals surface area contributed by atoms with Crippen molar-refractivity contribution in [2.45, 2.75) is 96.7 Å². The Morgan fingerprint density at radius 1 is 0.622 bits per heavy atom. The van der Waals surface area contributed by atoms with Crippen LogP contribution in [0.4, 0.5) is 0 Å². The van der Waals surface area contributed by atoms with Gasteiger partial charge in [-0.05, 0) is 89.9 Å². The van der Waals surface area contributed by atoms with Gasteiger partial charge in [0.15, 0.2) is 0 Å². The maximum absolute atomic E-state index is 13.6.